The van der Waals surface area contributed by atoms with Gasteiger partial charge in [0, 0.05) is 69.9 Å². The van der Waals surface area contributed by atoms with Gasteiger partial charge in [0.15, 0.2) is 0 Å². The first-order chi connectivity index (χ1) is 15.0. The van der Waals surface area contributed by atoms with Gasteiger partial charge >= 0.3 is 0 Å². The van der Waals surface area contributed by atoms with Crippen molar-refractivity contribution in [3.8, 4) is 0 Å². The number of piperazine rings is 1. The predicted octanol–water partition coefficient (Wildman–Crippen LogP) is 1.21. The van der Waals surface area contributed by atoms with E-state index in [0.29, 0.717) is 24.8 Å². The molecular formula is C23H32N6O2. The number of hydrogen-bond acceptors (Lipinski definition) is 6. The summed E-state index contributed by atoms with van der Waals surface area (Å²) in [6.07, 6.45) is 2.12. The van der Waals surface area contributed by atoms with Gasteiger partial charge < -0.3 is 10.2 Å². The maximum absolute atomic E-state index is 12.4. The number of anilines is 1. The average Bonchev–Trinajstić information content (AvgIpc) is 3.34. The minimum Gasteiger partial charge on any atom is -0.371 e. The molecule has 8 heteroatoms. The molecule has 3 saturated heterocycles. The van der Waals surface area contributed by atoms with Gasteiger partial charge in [-0.2, -0.15) is 5.10 Å². The maximum Gasteiger partial charge on any atom is 0.235 e. The van der Waals surface area contributed by atoms with E-state index in [1.807, 2.05) is 11.7 Å². The summed E-state index contributed by atoms with van der Waals surface area (Å²) >= 11 is 0. The highest BCUT2D eigenvalue weighted by Crippen LogP contribution is 2.33. The Kier molecular flexibility index (Phi) is 5.44. The standard InChI is InChI=1S/C23H32N6O2/c1-15-12-24-8-10-28(15)13-16-7-9-29(14-16)17-3-4-18-20(11-17)27(2)26-22(18)19-5-6-21(30)25-23(19)31/h3-4,11,15-16,19,24H,5-10,12-14H2,1-2H3,(H,25,30,31)/t15-,16-,19?/m0/s1. The Bertz CT molecular complexity index is 1000. The van der Waals surface area contributed by atoms with Crippen molar-refractivity contribution in [3.63, 3.8) is 0 Å². The van der Waals surface area contributed by atoms with Crippen LogP contribution in [0.5, 0.6) is 0 Å². The fraction of sp³-hybridized carbons (Fsp3) is 0.609. The number of imide groups is 1. The summed E-state index contributed by atoms with van der Waals surface area (Å²) in [6, 6.07) is 7.07. The highest BCUT2D eigenvalue weighted by Gasteiger charge is 2.32. The molecule has 1 aromatic heterocycles. The number of rotatable bonds is 4. The molecule has 31 heavy (non-hydrogen) atoms. The van der Waals surface area contributed by atoms with Crippen LogP contribution in [0.2, 0.25) is 0 Å². The fourth-order valence-corrected chi connectivity index (χ4v) is 5.38. The van der Waals surface area contributed by atoms with Crippen LogP contribution < -0.4 is 15.5 Å². The van der Waals surface area contributed by atoms with Gasteiger partial charge in [-0.1, -0.05) is 0 Å². The van der Waals surface area contributed by atoms with Crippen LogP contribution in [0, 0.1) is 5.92 Å². The Balaban J connectivity index is 1.32. The van der Waals surface area contributed by atoms with Crippen LogP contribution >= 0.6 is 0 Å². The monoisotopic (exact) mass is 424 g/mol. The van der Waals surface area contributed by atoms with Crippen molar-refractivity contribution in [2.45, 2.75) is 38.1 Å². The Labute approximate surface area is 182 Å². The van der Waals surface area contributed by atoms with E-state index in [0.717, 1.165) is 49.3 Å². The zero-order valence-corrected chi connectivity index (χ0v) is 18.4. The zero-order valence-electron chi connectivity index (χ0n) is 18.4. The number of nitrogens with one attached hydrogen (secondary N) is 2. The largest absolute Gasteiger partial charge is 0.371 e. The lowest BCUT2D eigenvalue weighted by molar-refractivity contribution is -0.134. The van der Waals surface area contributed by atoms with Crippen LogP contribution in [-0.2, 0) is 16.6 Å². The Hall–Kier alpha value is -2.45. The van der Waals surface area contributed by atoms with Crippen LogP contribution in [0.1, 0.15) is 37.8 Å². The summed E-state index contributed by atoms with van der Waals surface area (Å²) in [5.74, 6) is -0.0846. The van der Waals surface area contributed by atoms with E-state index in [1.54, 1.807) is 0 Å². The van der Waals surface area contributed by atoms with E-state index in [9.17, 15) is 9.59 Å². The molecule has 0 bridgehead atoms. The first-order valence-electron chi connectivity index (χ1n) is 11.5. The number of amides is 2. The summed E-state index contributed by atoms with van der Waals surface area (Å²) in [6.45, 7) is 8.97. The average molecular weight is 425 g/mol. The molecule has 3 aliphatic heterocycles. The number of carbonyl (C=O) groups is 2. The number of aromatic nitrogens is 2. The molecule has 0 radical (unpaired) electrons. The molecule has 1 aromatic carbocycles. The number of fused-ring (bicyclic) bond motifs is 1. The third kappa shape index (κ3) is 3.94. The molecule has 0 spiro atoms. The molecule has 1 unspecified atom stereocenters. The quantitative estimate of drug-likeness (QED) is 0.718. The van der Waals surface area contributed by atoms with Gasteiger partial charge in [-0.15, -0.1) is 0 Å². The minimum atomic E-state index is -0.357. The lowest BCUT2D eigenvalue weighted by atomic mass is 9.93. The van der Waals surface area contributed by atoms with Gasteiger partial charge in [-0.3, -0.25) is 24.5 Å². The summed E-state index contributed by atoms with van der Waals surface area (Å²) in [4.78, 5) is 29.0. The number of hydrogen-bond donors (Lipinski definition) is 2. The molecule has 5 rings (SSSR count). The molecule has 0 aliphatic carbocycles. The van der Waals surface area contributed by atoms with Gasteiger partial charge in [-0.05, 0) is 43.9 Å². The first-order valence-corrected chi connectivity index (χ1v) is 11.5. The molecule has 2 amide bonds. The summed E-state index contributed by atoms with van der Waals surface area (Å²) < 4.78 is 1.87. The maximum atomic E-state index is 12.4. The van der Waals surface area contributed by atoms with Crippen LogP contribution in [0.4, 0.5) is 5.69 Å². The Morgan fingerprint density at radius 3 is 2.87 bits per heavy atom. The van der Waals surface area contributed by atoms with Gasteiger partial charge in [-0.25, -0.2) is 0 Å². The molecule has 8 nitrogen and oxygen atoms in total. The second-order valence-corrected chi connectivity index (χ2v) is 9.36. The van der Waals surface area contributed by atoms with Crippen molar-refractivity contribution in [1.29, 1.82) is 0 Å². The SMILES string of the molecule is C[C@H]1CNCCN1C[C@@H]1CCN(c2ccc3c(C4CCC(=O)NC4=O)nn(C)c3c2)C1. The Morgan fingerprint density at radius 2 is 2.06 bits per heavy atom. The second kappa shape index (κ2) is 8.24. The fourth-order valence-electron chi connectivity index (χ4n) is 5.38. The first kappa shape index (κ1) is 20.5. The van der Waals surface area contributed by atoms with E-state index in [2.05, 4.69) is 50.7 Å². The molecule has 4 heterocycles. The highest BCUT2D eigenvalue weighted by molar-refractivity contribution is 6.02. The van der Waals surface area contributed by atoms with E-state index in [4.69, 9.17) is 0 Å². The van der Waals surface area contributed by atoms with Gasteiger partial charge in [0.25, 0.3) is 0 Å². The number of benzene rings is 1. The predicted molar refractivity (Wildman–Crippen MR) is 120 cm³/mol. The number of aryl methyl sites for hydroxylation is 1. The van der Waals surface area contributed by atoms with Crippen LogP contribution in [0.3, 0.4) is 0 Å². The molecule has 2 N–H and O–H groups in total. The highest BCUT2D eigenvalue weighted by atomic mass is 16.2. The molecule has 0 saturated carbocycles. The number of carbonyl (C=O) groups excluding carboxylic acids is 2. The van der Waals surface area contributed by atoms with Crippen molar-refractivity contribution in [2.24, 2.45) is 13.0 Å². The molecule has 166 valence electrons. The Morgan fingerprint density at radius 1 is 1.19 bits per heavy atom. The molecule has 3 aliphatic rings. The van der Waals surface area contributed by atoms with E-state index in [1.165, 1.54) is 18.7 Å². The van der Waals surface area contributed by atoms with Gasteiger partial charge in [0.1, 0.15) is 0 Å². The van der Waals surface area contributed by atoms with Crippen LogP contribution in [0.15, 0.2) is 18.2 Å². The third-order valence-corrected chi connectivity index (χ3v) is 7.22. The smallest absolute Gasteiger partial charge is 0.235 e. The van der Waals surface area contributed by atoms with Crippen molar-refractivity contribution in [3.05, 3.63) is 23.9 Å². The lowest BCUT2D eigenvalue weighted by Crippen LogP contribution is -2.51. The third-order valence-electron chi connectivity index (χ3n) is 7.22. The topological polar surface area (TPSA) is 82.5 Å². The number of nitrogens with zero attached hydrogens (tertiary/aromatic N) is 4. The summed E-state index contributed by atoms with van der Waals surface area (Å²) in [7, 11) is 1.93. The lowest BCUT2D eigenvalue weighted by Gasteiger charge is -2.35. The van der Waals surface area contributed by atoms with Crippen LogP contribution in [0.25, 0.3) is 10.9 Å². The van der Waals surface area contributed by atoms with Crippen molar-refractivity contribution >= 4 is 28.4 Å². The molecule has 2 aromatic rings. The molecule has 3 atom stereocenters. The van der Waals surface area contributed by atoms with Crippen molar-refractivity contribution < 1.29 is 9.59 Å². The van der Waals surface area contributed by atoms with E-state index >= 15 is 0 Å². The molecule has 3 fully saturated rings. The zero-order chi connectivity index (χ0) is 21.5. The molecular weight excluding hydrogens is 392 g/mol. The van der Waals surface area contributed by atoms with Crippen LogP contribution in [-0.4, -0.2) is 71.8 Å². The van der Waals surface area contributed by atoms with E-state index < -0.39 is 0 Å². The summed E-state index contributed by atoms with van der Waals surface area (Å²) in [5, 5.41) is 11.6. The second-order valence-electron chi connectivity index (χ2n) is 9.36. The minimum absolute atomic E-state index is 0.192. The van der Waals surface area contributed by atoms with E-state index in [-0.39, 0.29) is 17.7 Å². The van der Waals surface area contributed by atoms with Gasteiger partial charge in [0.2, 0.25) is 11.8 Å². The normalized spacial score (nSPS) is 27.8. The van der Waals surface area contributed by atoms with Crippen molar-refractivity contribution in [2.75, 3.05) is 44.2 Å². The summed E-state index contributed by atoms with van der Waals surface area (Å²) in [5.41, 5.74) is 3.04. The number of piperidine rings is 1. The van der Waals surface area contributed by atoms with Crippen molar-refractivity contribution in [1.82, 2.24) is 25.3 Å². The van der Waals surface area contributed by atoms with Gasteiger partial charge in [0.05, 0.1) is 17.1 Å².